The summed E-state index contributed by atoms with van der Waals surface area (Å²) < 4.78 is 2.28. The summed E-state index contributed by atoms with van der Waals surface area (Å²) in [6.45, 7) is 7.55. The van der Waals surface area contributed by atoms with Gasteiger partial charge in [-0.15, -0.1) is 24.0 Å². The van der Waals surface area contributed by atoms with E-state index in [1.54, 1.807) is 11.3 Å². The molecule has 0 saturated heterocycles. The molecule has 0 bridgehead atoms. The Morgan fingerprint density at radius 2 is 2.08 bits per heavy atom. The van der Waals surface area contributed by atoms with Crippen molar-refractivity contribution in [3.8, 4) is 0 Å². The lowest BCUT2D eigenvalue weighted by atomic mass is 10.3. The Kier molecular flexibility index (Phi) is 8.37. The highest BCUT2D eigenvalue weighted by Crippen LogP contribution is 2.15. The van der Waals surface area contributed by atoms with E-state index in [-0.39, 0.29) is 24.0 Å². The molecule has 0 unspecified atom stereocenters. The van der Waals surface area contributed by atoms with Crippen LogP contribution in [0.2, 0.25) is 0 Å². The van der Waals surface area contributed by atoms with E-state index < -0.39 is 0 Å². The van der Waals surface area contributed by atoms with Crippen molar-refractivity contribution in [3.63, 3.8) is 0 Å². The van der Waals surface area contributed by atoms with Crippen LogP contribution in [0.5, 0.6) is 0 Å². The zero-order valence-electron chi connectivity index (χ0n) is 15.2. The van der Waals surface area contributed by atoms with Crippen LogP contribution in [-0.2, 0) is 13.1 Å². The SMILES string of the molecule is CCNC(=NCc1ccsc1)NCCCn1c(C)nc2ccccc21.I. The lowest BCUT2D eigenvalue weighted by molar-refractivity contribution is 0.624. The van der Waals surface area contributed by atoms with Crippen molar-refractivity contribution in [3.05, 3.63) is 52.5 Å². The number of aliphatic imine (C=N–C) groups is 1. The summed E-state index contributed by atoms with van der Waals surface area (Å²) in [5, 5.41) is 10.9. The van der Waals surface area contributed by atoms with Crippen LogP contribution in [-0.4, -0.2) is 28.6 Å². The maximum absolute atomic E-state index is 4.64. The molecular formula is C19H26IN5S. The third-order valence-electron chi connectivity index (χ3n) is 4.04. The third-order valence-corrected chi connectivity index (χ3v) is 4.77. The third kappa shape index (κ3) is 5.44. The minimum Gasteiger partial charge on any atom is -0.357 e. The first-order valence-electron chi connectivity index (χ1n) is 8.73. The molecule has 3 aromatic rings. The Balaban J connectivity index is 0.00000243. The number of para-hydroxylation sites is 2. The molecule has 0 radical (unpaired) electrons. The number of nitrogens with zero attached hydrogens (tertiary/aromatic N) is 3. The first-order valence-corrected chi connectivity index (χ1v) is 9.67. The summed E-state index contributed by atoms with van der Waals surface area (Å²) in [5.41, 5.74) is 3.53. The molecular weight excluding hydrogens is 457 g/mol. The van der Waals surface area contributed by atoms with E-state index in [0.29, 0.717) is 6.54 Å². The van der Waals surface area contributed by atoms with E-state index in [2.05, 4.69) is 74.1 Å². The number of hydrogen-bond donors (Lipinski definition) is 2. The number of nitrogens with one attached hydrogen (secondary N) is 2. The number of benzene rings is 1. The van der Waals surface area contributed by atoms with Gasteiger partial charge < -0.3 is 15.2 Å². The van der Waals surface area contributed by atoms with Gasteiger partial charge in [0.25, 0.3) is 0 Å². The second kappa shape index (κ2) is 10.5. The standard InChI is InChI=1S/C19H25N5S.HI/c1-3-20-19(22-13-16-9-12-25-14-16)21-10-6-11-24-15(2)23-17-7-4-5-8-18(17)24;/h4-5,7-9,12,14H,3,6,10-11,13H2,1-2H3,(H2,20,21,22);1H. The molecule has 0 fully saturated rings. The Labute approximate surface area is 176 Å². The predicted molar refractivity (Wildman–Crippen MR) is 122 cm³/mol. The van der Waals surface area contributed by atoms with Gasteiger partial charge in [0.2, 0.25) is 0 Å². The average molecular weight is 483 g/mol. The summed E-state index contributed by atoms with van der Waals surface area (Å²) in [6.07, 6.45) is 1.02. The number of thiophene rings is 1. The molecule has 2 heterocycles. The van der Waals surface area contributed by atoms with Gasteiger partial charge in [0.1, 0.15) is 5.82 Å². The normalized spacial score (nSPS) is 11.4. The van der Waals surface area contributed by atoms with Crippen LogP contribution in [0.4, 0.5) is 0 Å². The summed E-state index contributed by atoms with van der Waals surface area (Å²) in [7, 11) is 0. The van der Waals surface area contributed by atoms with Gasteiger partial charge in [-0.1, -0.05) is 12.1 Å². The van der Waals surface area contributed by atoms with Crippen LogP contribution in [0.1, 0.15) is 24.7 Å². The highest BCUT2D eigenvalue weighted by molar-refractivity contribution is 14.0. The molecule has 7 heteroatoms. The van der Waals surface area contributed by atoms with E-state index in [9.17, 15) is 0 Å². The number of halogens is 1. The fourth-order valence-corrected chi connectivity index (χ4v) is 3.48. The molecule has 0 spiro atoms. The van der Waals surface area contributed by atoms with Crippen molar-refractivity contribution in [2.24, 2.45) is 4.99 Å². The van der Waals surface area contributed by atoms with Gasteiger partial charge in [-0.05, 0) is 54.8 Å². The highest BCUT2D eigenvalue weighted by Gasteiger charge is 2.06. The molecule has 0 amide bonds. The van der Waals surface area contributed by atoms with E-state index in [4.69, 9.17) is 0 Å². The van der Waals surface area contributed by atoms with Crippen molar-refractivity contribution >= 4 is 52.3 Å². The van der Waals surface area contributed by atoms with Crippen molar-refractivity contribution < 1.29 is 0 Å². The van der Waals surface area contributed by atoms with Crippen molar-refractivity contribution in [2.75, 3.05) is 13.1 Å². The quantitative estimate of drug-likeness (QED) is 0.230. The van der Waals surface area contributed by atoms with E-state index in [1.807, 2.05) is 6.07 Å². The summed E-state index contributed by atoms with van der Waals surface area (Å²) in [6, 6.07) is 10.4. The van der Waals surface area contributed by atoms with Crippen LogP contribution in [0.25, 0.3) is 11.0 Å². The molecule has 0 atom stereocenters. The number of guanidine groups is 1. The van der Waals surface area contributed by atoms with E-state index >= 15 is 0 Å². The Hall–Kier alpha value is -1.61. The van der Waals surface area contributed by atoms with Crippen LogP contribution in [0, 0.1) is 6.92 Å². The number of imidazole rings is 1. The topological polar surface area (TPSA) is 54.2 Å². The zero-order chi connectivity index (χ0) is 17.5. The second-order valence-corrected chi connectivity index (χ2v) is 6.69. The van der Waals surface area contributed by atoms with Crippen molar-refractivity contribution in [2.45, 2.75) is 33.4 Å². The van der Waals surface area contributed by atoms with Gasteiger partial charge in [0.15, 0.2) is 5.96 Å². The molecule has 0 aliphatic rings. The molecule has 140 valence electrons. The van der Waals surface area contributed by atoms with Crippen molar-refractivity contribution in [1.82, 2.24) is 20.2 Å². The van der Waals surface area contributed by atoms with Gasteiger partial charge in [-0.2, -0.15) is 11.3 Å². The fourth-order valence-electron chi connectivity index (χ4n) is 2.82. The van der Waals surface area contributed by atoms with Gasteiger partial charge >= 0.3 is 0 Å². The lowest BCUT2D eigenvalue weighted by Gasteiger charge is -2.12. The predicted octanol–water partition coefficient (Wildman–Crippen LogP) is 4.17. The maximum Gasteiger partial charge on any atom is 0.191 e. The van der Waals surface area contributed by atoms with Gasteiger partial charge in [-0.25, -0.2) is 9.98 Å². The zero-order valence-corrected chi connectivity index (χ0v) is 18.4. The van der Waals surface area contributed by atoms with Crippen LogP contribution in [0.15, 0.2) is 46.1 Å². The van der Waals surface area contributed by atoms with Crippen molar-refractivity contribution in [1.29, 1.82) is 0 Å². The first-order chi connectivity index (χ1) is 12.3. The summed E-state index contributed by atoms with van der Waals surface area (Å²) in [4.78, 5) is 9.26. The molecule has 2 N–H and O–H groups in total. The number of aryl methyl sites for hydroxylation is 2. The summed E-state index contributed by atoms with van der Waals surface area (Å²) >= 11 is 1.71. The molecule has 0 saturated carbocycles. The maximum atomic E-state index is 4.64. The lowest BCUT2D eigenvalue weighted by Crippen LogP contribution is -2.38. The number of aromatic nitrogens is 2. The largest absolute Gasteiger partial charge is 0.357 e. The number of hydrogen-bond acceptors (Lipinski definition) is 3. The fraction of sp³-hybridized carbons (Fsp3) is 0.368. The van der Waals surface area contributed by atoms with Crippen LogP contribution in [0.3, 0.4) is 0 Å². The highest BCUT2D eigenvalue weighted by atomic mass is 127. The minimum absolute atomic E-state index is 0. The first kappa shape index (κ1) is 20.7. The van der Waals surface area contributed by atoms with Crippen LogP contribution < -0.4 is 10.6 Å². The van der Waals surface area contributed by atoms with E-state index in [0.717, 1.165) is 43.4 Å². The van der Waals surface area contributed by atoms with Gasteiger partial charge in [-0.3, -0.25) is 0 Å². The second-order valence-electron chi connectivity index (χ2n) is 5.91. The molecule has 2 aromatic heterocycles. The molecule has 26 heavy (non-hydrogen) atoms. The van der Waals surface area contributed by atoms with Gasteiger partial charge in [0.05, 0.1) is 17.6 Å². The Bertz CT molecular complexity index is 826. The molecule has 3 rings (SSSR count). The van der Waals surface area contributed by atoms with Crippen LogP contribution >= 0.6 is 35.3 Å². The minimum atomic E-state index is 0. The van der Waals surface area contributed by atoms with E-state index in [1.165, 1.54) is 11.1 Å². The Morgan fingerprint density at radius 1 is 1.23 bits per heavy atom. The molecule has 0 aliphatic carbocycles. The molecule has 1 aromatic carbocycles. The average Bonchev–Trinajstić information content (AvgIpc) is 3.24. The van der Waals surface area contributed by atoms with Gasteiger partial charge in [0, 0.05) is 19.6 Å². The number of rotatable bonds is 7. The molecule has 5 nitrogen and oxygen atoms in total. The monoisotopic (exact) mass is 483 g/mol. The molecule has 0 aliphatic heterocycles. The smallest absolute Gasteiger partial charge is 0.191 e. The Morgan fingerprint density at radius 3 is 2.85 bits per heavy atom. The summed E-state index contributed by atoms with van der Waals surface area (Å²) in [5.74, 6) is 1.94. The number of fused-ring (bicyclic) bond motifs is 1.